The molecule has 1 N–H and O–H groups in total. The molecule has 4 heteroatoms. The van der Waals surface area contributed by atoms with Crippen molar-refractivity contribution in [3.05, 3.63) is 0 Å². The molecule has 0 bridgehead atoms. The number of piperidine rings is 1. The van der Waals surface area contributed by atoms with E-state index in [0.717, 1.165) is 19.4 Å². The Morgan fingerprint density at radius 1 is 1.60 bits per heavy atom. The third-order valence-electron chi connectivity index (χ3n) is 3.10. The van der Waals surface area contributed by atoms with Crippen molar-refractivity contribution < 1.29 is 14.6 Å². The van der Waals surface area contributed by atoms with Crippen molar-refractivity contribution in [3.8, 4) is 0 Å². The van der Waals surface area contributed by atoms with E-state index in [1.807, 2.05) is 6.92 Å². The van der Waals surface area contributed by atoms with E-state index < -0.39 is 5.97 Å². The number of hydrogen-bond acceptors (Lipinski definition) is 3. The van der Waals surface area contributed by atoms with Crippen LogP contribution in [0.4, 0.5) is 0 Å². The molecule has 88 valence electrons. The number of likely N-dealkylation sites (tertiary alicyclic amines) is 1. The molecule has 1 aliphatic rings. The van der Waals surface area contributed by atoms with Crippen LogP contribution in [0.5, 0.6) is 0 Å². The fourth-order valence-corrected chi connectivity index (χ4v) is 2.36. The molecule has 0 saturated carbocycles. The molecule has 0 spiro atoms. The van der Waals surface area contributed by atoms with Gasteiger partial charge in [-0.05, 0) is 25.8 Å². The van der Waals surface area contributed by atoms with Gasteiger partial charge in [0.1, 0.15) is 6.04 Å². The Morgan fingerprint density at radius 3 is 2.87 bits per heavy atom. The number of carboxylic acids is 1. The molecule has 0 amide bonds. The first-order valence-electron chi connectivity index (χ1n) is 5.68. The Morgan fingerprint density at radius 2 is 2.33 bits per heavy atom. The maximum atomic E-state index is 11.1. The lowest BCUT2D eigenvalue weighted by Crippen LogP contribution is -2.51. The summed E-state index contributed by atoms with van der Waals surface area (Å²) in [6.07, 6.45) is 4.00. The molecule has 0 radical (unpaired) electrons. The molecule has 15 heavy (non-hydrogen) atoms. The van der Waals surface area contributed by atoms with E-state index in [4.69, 9.17) is 9.84 Å². The summed E-state index contributed by atoms with van der Waals surface area (Å²) in [6.45, 7) is 3.46. The molecule has 1 aliphatic heterocycles. The summed E-state index contributed by atoms with van der Waals surface area (Å²) in [5.74, 6) is -0.708. The van der Waals surface area contributed by atoms with Crippen LogP contribution in [-0.4, -0.2) is 48.3 Å². The van der Waals surface area contributed by atoms with Crippen LogP contribution in [-0.2, 0) is 9.53 Å². The van der Waals surface area contributed by atoms with Crippen LogP contribution in [0.3, 0.4) is 0 Å². The maximum absolute atomic E-state index is 11.1. The lowest BCUT2D eigenvalue weighted by atomic mass is 9.99. The van der Waals surface area contributed by atoms with Crippen molar-refractivity contribution in [2.45, 2.75) is 44.7 Å². The summed E-state index contributed by atoms with van der Waals surface area (Å²) >= 11 is 0. The van der Waals surface area contributed by atoms with Gasteiger partial charge in [0, 0.05) is 13.2 Å². The Kier molecular flexibility index (Phi) is 5.05. The molecular formula is C11H21NO3. The molecule has 1 rings (SSSR count). The fraction of sp³-hybridized carbons (Fsp3) is 0.909. The molecular weight excluding hydrogens is 194 g/mol. The Labute approximate surface area is 91.2 Å². The number of rotatable bonds is 5. The molecule has 2 atom stereocenters. The smallest absolute Gasteiger partial charge is 0.320 e. The van der Waals surface area contributed by atoms with Gasteiger partial charge >= 0.3 is 5.97 Å². The van der Waals surface area contributed by atoms with Crippen molar-refractivity contribution in [2.75, 3.05) is 20.3 Å². The molecule has 0 aromatic heterocycles. The van der Waals surface area contributed by atoms with Gasteiger partial charge in [0.15, 0.2) is 0 Å². The van der Waals surface area contributed by atoms with Gasteiger partial charge in [-0.1, -0.05) is 13.3 Å². The second-order valence-corrected chi connectivity index (χ2v) is 4.11. The Bertz CT molecular complexity index is 206. The number of carboxylic acid groups (broad SMARTS) is 1. The highest BCUT2D eigenvalue weighted by Gasteiger charge is 2.31. The average Bonchev–Trinajstić information content (AvgIpc) is 2.21. The van der Waals surface area contributed by atoms with Gasteiger partial charge in [-0.15, -0.1) is 0 Å². The van der Waals surface area contributed by atoms with E-state index in [9.17, 15) is 4.79 Å². The summed E-state index contributed by atoms with van der Waals surface area (Å²) in [5, 5.41) is 9.13. The molecule has 1 saturated heterocycles. The zero-order valence-electron chi connectivity index (χ0n) is 9.61. The zero-order valence-corrected chi connectivity index (χ0v) is 9.61. The summed E-state index contributed by atoms with van der Waals surface area (Å²) < 4.78 is 5.15. The van der Waals surface area contributed by atoms with Crippen LogP contribution in [0.2, 0.25) is 0 Å². The minimum atomic E-state index is -0.708. The monoisotopic (exact) mass is 215 g/mol. The minimum absolute atomic E-state index is 0.282. The molecule has 0 aromatic carbocycles. The predicted octanol–water partition coefficient (Wildman–Crippen LogP) is 1.35. The van der Waals surface area contributed by atoms with E-state index >= 15 is 0 Å². The molecule has 0 unspecified atom stereocenters. The summed E-state index contributed by atoms with van der Waals surface area (Å²) in [6, 6.07) is -0.0600. The van der Waals surface area contributed by atoms with Crippen LogP contribution < -0.4 is 0 Å². The molecule has 1 fully saturated rings. The average molecular weight is 215 g/mol. The van der Waals surface area contributed by atoms with Gasteiger partial charge in [-0.25, -0.2) is 0 Å². The molecule has 4 nitrogen and oxygen atoms in total. The first-order valence-corrected chi connectivity index (χ1v) is 5.68. The third-order valence-corrected chi connectivity index (χ3v) is 3.10. The van der Waals surface area contributed by atoms with Gasteiger partial charge in [-0.3, -0.25) is 9.69 Å². The maximum Gasteiger partial charge on any atom is 0.320 e. The molecule has 0 aliphatic carbocycles. The summed E-state index contributed by atoms with van der Waals surface area (Å²) in [5.41, 5.74) is 0. The number of methoxy groups -OCH3 is 1. The van der Waals surface area contributed by atoms with Crippen molar-refractivity contribution in [1.29, 1.82) is 0 Å². The lowest BCUT2D eigenvalue weighted by molar-refractivity contribution is -0.145. The van der Waals surface area contributed by atoms with E-state index in [0.29, 0.717) is 13.0 Å². The number of aliphatic carboxylic acids is 1. The predicted molar refractivity (Wildman–Crippen MR) is 57.9 cm³/mol. The Balaban J connectivity index is 2.64. The molecule has 0 aromatic rings. The highest BCUT2D eigenvalue weighted by molar-refractivity contribution is 5.73. The minimum Gasteiger partial charge on any atom is -0.480 e. The number of hydrogen-bond donors (Lipinski definition) is 1. The van der Waals surface area contributed by atoms with Crippen LogP contribution in [0.15, 0.2) is 0 Å². The normalized spacial score (nSPS) is 25.1. The summed E-state index contributed by atoms with van der Waals surface area (Å²) in [7, 11) is 1.68. The third kappa shape index (κ3) is 3.18. The highest BCUT2D eigenvalue weighted by atomic mass is 16.5. The van der Waals surface area contributed by atoms with Crippen molar-refractivity contribution >= 4 is 5.97 Å². The van der Waals surface area contributed by atoms with Crippen molar-refractivity contribution in [3.63, 3.8) is 0 Å². The summed E-state index contributed by atoms with van der Waals surface area (Å²) in [4.78, 5) is 13.2. The highest BCUT2D eigenvalue weighted by Crippen LogP contribution is 2.21. The molecule has 1 heterocycles. The topological polar surface area (TPSA) is 49.8 Å². The van der Waals surface area contributed by atoms with Gasteiger partial charge in [0.2, 0.25) is 0 Å². The van der Waals surface area contributed by atoms with Gasteiger partial charge < -0.3 is 9.84 Å². The second kappa shape index (κ2) is 6.08. The zero-order chi connectivity index (χ0) is 11.3. The fourth-order valence-electron chi connectivity index (χ4n) is 2.36. The van der Waals surface area contributed by atoms with E-state index in [2.05, 4.69) is 4.90 Å². The van der Waals surface area contributed by atoms with Crippen LogP contribution in [0.1, 0.15) is 32.6 Å². The first-order chi connectivity index (χ1) is 7.20. The van der Waals surface area contributed by atoms with Gasteiger partial charge in [0.05, 0.1) is 6.61 Å². The van der Waals surface area contributed by atoms with Crippen molar-refractivity contribution in [2.24, 2.45) is 0 Å². The van der Waals surface area contributed by atoms with Crippen LogP contribution in [0, 0.1) is 0 Å². The van der Waals surface area contributed by atoms with E-state index in [1.165, 1.54) is 6.42 Å². The first kappa shape index (κ1) is 12.5. The lowest BCUT2D eigenvalue weighted by Gasteiger charge is -2.38. The van der Waals surface area contributed by atoms with Crippen LogP contribution in [0.25, 0.3) is 0 Å². The quantitative estimate of drug-likeness (QED) is 0.752. The van der Waals surface area contributed by atoms with Crippen molar-refractivity contribution in [1.82, 2.24) is 4.90 Å². The van der Waals surface area contributed by atoms with Gasteiger partial charge in [-0.2, -0.15) is 0 Å². The van der Waals surface area contributed by atoms with Gasteiger partial charge in [0.25, 0.3) is 0 Å². The number of ether oxygens (including phenoxy) is 1. The SMILES string of the molecule is CC[C@H](C(=O)O)N1CCCC[C@H]1COC. The standard InChI is InChI=1S/C11H21NO3/c1-3-10(11(13)14)12-7-5-4-6-9(12)8-15-2/h9-10H,3-8H2,1-2H3,(H,13,14)/t9-,10+/m0/s1. The Hall–Kier alpha value is -0.610. The van der Waals surface area contributed by atoms with E-state index in [-0.39, 0.29) is 12.1 Å². The second-order valence-electron chi connectivity index (χ2n) is 4.11. The largest absolute Gasteiger partial charge is 0.480 e. The van der Waals surface area contributed by atoms with Crippen LogP contribution >= 0.6 is 0 Å². The number of carbonyl (C=O) groups is 1. The van der Waals surface area contributed by atoms with E-state index in [1.54, 1.807) is 7.11 Å². The number of nitrogens with zero attached hydrogens (tertiary/aromatic N) is 1.